The molecule has 0 aromatic heterocycles. The van der Waals surface area contributed by atoms with Crippen LogP contribution in [-0.4, -0.2) is 12.9 Å². The van der Waals surface area contributed by atoms with Crippen molar-refractivity contribution >= 4 is 18.1 Å². The monoisotopic (exact) mass is 183 g/mol. The predicted octanol–water partition coefficient (Wildman–Crippen LogP) is 2.09. The second-order valence-electron chi connectivity index (χ2n) is 2.41. The molecule has 5 heteroatoms. The molecule has 1 unspecified atom stereocenters. The Balaban J connectivity index is 3.58. The highest BCUT2D eigenvalue weighted by Crippen LogP contribution is 2.51. The van der Waals surface area contributed by atoms with Crippen LogP contribution in [0.15, 0.2) is 0 Å². The third kappa shape index (κ3) is 5.30. The van der Waals surface area contributed by atoms with E-state index in [2.05, 4.69) is 4.52 Å². The summed E-state index contributed by atoms with van der Waals surface area (Å²) in [5, 5.41) is 0. The molecule has 0 spiro atoms. The van der Waals surface area contributed by atoms with Crippen molar-refractivity contribution in [2.45, 2.75) is 13.8 Å². The van der Waals surface area contributed by atoms with Crippen LogP contribution < -0.4 is 5.50 Å². The molecular formula is C5H14NO2PS. The Morgan fingerprint density at radius 2 is 2.20 bits per heavy atom. The molecule has 3 nitrogen and oxygen atoms in total. The summed E-state index contributed by atoms with van der Waals surface area (Å²) in [4.78, 5) is 0. The molecule has 0 aromatic carbocycles. The molecule has 62 valence electrons. The lowest BCUT2D eigenvalue weighted by molar-refractivity contribution is 0.410. The molecule has 0 amide bonds. The Morgan fingerprint density at radius 1 is 1.70 bits per heavy atom. The highest BCUT2D eigenvalue weighted by Gasteiger charge is 2.15. The van der Waals surface area contributed by atoms with E-state index in [1.807, 2.05) is 13.8 Å². The quantitative estimate of drug-likeness (QED) is 0.678. The van der Waals surface area contributed by atoms with E-state index in [0.29, 0.717) is 5.92 Å². The zero-order chi connectivity index (χ0) is 8.20. The van der Waals surface area contributed by atoms with Gasteiger partial charge in [-0.05, 0) is 5.92 Å². The van der Waals surface area contributed by atoms with Gasteiger partial charge in [-0.2, -0.15) is 0 Å². The number of hydrogen-bond acceptors (Lipinski definition) is 3. The molecular weight excluding hydrogens is 169 g/mol. The van der Waals surface area contributed by atoms with Crippen molar-refractivity contribution in [2.24, 2.45) is 11.4 Å². The topological polar surface area (TPSA) is 52.3 Å². The van der Waals surface area contributed by atoms with Crippen LogP contribution >= 0.6 is 18.1 Å². The Kier molecular flexibility index (Phi) is 4.61. The van der Waals surface area contributed by atoms with Crippen LogP contribution in [0.5, 0.6) is 0 Å². The van der Waals surface area contributed by atoms with Gasteiger partial charge in [-0.25, -0.2) is 0 Å². The van der Waals surface area contributed by atoms with Gasteiger partial charge in [0, 0.05) is 12.9 Å². The van der Waals surface area contributed by atoms with Gasteiger partial charge in [0.25, 0.3) is 0 Å². The van der Waals surface area contributed by atoms with Crippen molar-refractivity contribution < 1.29 is 9.09 Å². The Morgan fingerprint density at radius 3 is 2.50 bits per heavy atom. The first kappa shape index (κ1) is 10.5. The number of hydrogen-bond donors (Lipinski definition) is 1. The fraction of sp³-hybridized carbons (Fsp3) is 1.00. The first-order chi connectivity index (χ1) is 4.48. The van der Waals surface area contributed by atoms with Gasteiger partial charge < -0.3 is 4.52 Å². The molecule has 0 rings (SSSR count). The summed E-state index contributed by atoms with van der Waals surface area (Å²) < 4.78 is 15.6. The molecule has 0 aliphatic heterocycles. The molecule has 0 aliphatic carbocycles. The van der Waals surface area contributed by atoms with E-state index in [1.165, 1.54) is 18.5 Å². The minimum atomic E-state index is -2.81. The average molecular weight is 183 g/mol. The molecule has 2 N–H and O–H groups in total. The third-order valence-electron chi connectivity index (χ3n) is 0.842. The van der Waals surface area contributed by atoms with Crippen molar-refractivity contribution in [3.63, 3.8) is 0 Å². The van der Waals surface area contributed by atoms with Gasteiger partial charge in [0.1, 0.15) is 0 Å². The van der Waals surface area contributed by atoms with Crippen molar-refractivity contribution in [1.82, 2.24) is 0 Å². The minimum Gasteiger partial charge on any atom is -0.313 e. The standard InChI is InChI=1S/C5H14NO2PS/c1-5(2)4-10-9(6,7)8-3/h5H,4H2,1-3H3,(H2,6,7). The fourth-order valence-electron chi connectivity index (χ4n) is 0.306. The first-order valence-electron chi connectivity index (χ1n) is 3.07. The van der Waals surface area contributed by atoms with Crippen LogP contribution in [0.3, 0.4) is 0 Å². The lowest BCUT2D eigenvalue weighted by Gasteiger charge is -2.09. The zero-order valence-corrected chi connectivity index (χ0v) is 8.24. The summed E-state index contributed by atoms with van der Waals surface area (Å²) in [6, 6.07) is 0. The molecule has 1 atom stereocenters. The van der Waals surface area contributed by atoms with E-state index in [9.17, 15) is 4.57 Å². The Labute approximate surface area is 66.0 Å². The second-order valence-corrected chi connectivity index (χ2v) is 6.75. The molecule has 0 aliphatic rings. The van der Waals surface area contributed by atoms with E-state index < -0.39 is 6.72 Å². The lowest BCUT2D eigenvalue weighted by Crippen LogP contribution is -1.97. The third-order valence-corrected chi connectivity index (χ3v) is 4.50. The van der Waals surface area contributed by atoms with Crippen LogP contribution in [0.2, 0.25) is 0 Å². The predicted molar refractivity (Wildman–Crippen MR) is 46.1 cm³/mol. The van der Waals surface area contributed by atoms with E-state index in [4.69, 9.17) is 5.50 Å². The molecule has 0 heterocycles. The fourth-order valence-corrected chi connectivity index (χ4v) is 2.75. The summed E-state index contributed by atoms with van der Waals surface area (Å²) in [5.74, 6) is 1.28. The van der Waals surface area contributed by atoms with Crippen LogP contribution in [-0.2, 0) is 9.09 Å². The van der Waals surface area contributed by atoms with Gasteiger partial charge in [0.05, 0.1) is 0 Å². The molecule has 0 radical (unpaired) electrons. The largest absolute Gasteiger partial charge is 0.323 e. The van der Waals surface area contributed by atoms with Crippen LogP contribution in [0.1, 0.15) is 13.8 Å². The molecule has 10 heavy (non-hydrogen) atoms. The lowest BCUT2D eigenvalue weighted by atomic mass is 10.3. The zero-order valence-electron chi connectivity index (χ0n) is 6.53. The minimum absolute atomic E-state index is 0.497. The summed E-state index contributed by atoms with van der Waals surface area (Å²) in [6.45, 7) is 1.28. The Bertz CT molecular complexity index is 140. The summed E-state index contributed by atoms with van der Waals surface area (Å²) in [6.07, 6.45) is 0. The van der Waals surface area contributed by atoms with Gasteiger partial charge in [-0.1, -0.05) is 25.2 Å². The van der Waals surface area contributed by atoms with Crippen molar-refractivity contribution in [3.05, 3.63) is 0 Å². The van der Waals surface area contributed by atoms with Gasteiger partial charge in [0.15, 0.2) is 0 Å². The first-order valence-corrected chi connectivity index (χ1v) is 6.35. The molecule has 0 bridgehead atoms. The van der Waals surface area contributed by atoms with Crippen molar-refractivity contribution in [2.75, 3.05) is 12.9 Å². The maximum Gasteiger partial charge on any atom is 0.323 e. The van der Waals surface area contributed by atoms with E-state index >= 15 is 0 Å². The summed E-state index contributed by atoms with van der Waals surface area (Å²) in [7, 11) is 1.37. The summed E-state index contributed by atoms with van der Waals surface area (Å²) >= 11 is 1.20. The van der Waals surface area contributed by atoms with Crippen LogP contribution in [0, 0.1) is 5.92 Å². The SMILES string of the molecule is COP(N)(=O)SCC(C)C. The van der Waals surface area contributed by atoms with Crippen molar-refractivity contribution in [1.29, 1.82) is 0 Å². The smallest absolute Gasteiger partial charge is 0.313 e. The Hall–Kier alpha value is 0.500. The van der Waals surface area contributed by atoms with Gasteiger partial charge in [0.2, 0.25) is 0 Å². The van der Waals surface area contributed by atoms with E-state index in [1.54, 1.807) is 0 Å². The number of nitrogens with two attached hydrogens (primary N) is 1. The molecule has 0 aromatic rings. The van der Waals surface area contributed by atoms with Crippen molar-refractivity contribution in [3.8, 4) is 0 Å². The maximum absolute atomic E-state index is 11.0. The van der Waals surface area contributed by atoms with Gasteiger partial charge >= 0.3 is 6.72 Å². The average Bonchev–Trinajstić information content (AvgIpc) is 1.85. The second kappa shape index (κ2) is 4.39. The van der Waals surface area contributed by atoms with Crippen LogP contribution in [0.25, 0.3) is 0 Å². The van der Waals surface area contributed by atoms with Gasteiger partial charge in [-0.15, -0.1) is 0 Å². The number of rotatable bonds is 4. The molecule has 0 saturated heterocycles. The van der Waals surface area contributed by atoms with E-state index in [0.717, 1.165) is 5.75 Å². The molecule has 0 saturated carbocycles. The van der Waals surface area contributed by atoms with Crippen LogP contribution in [0.4, 0.5) is 0 Å². The highest BCUT2D eigenvalue weighted by molar-refractivity contribution is 8.55. The molecule has 0 fully saturated rings. The van der Waals surface area contributed by atoms with Gasteiger partial charge in [-0.3, -0.25) is 10.1 Å². The normalized spacial score (nSPS) is 17.3. The highest BCUT2D eigenvalue weighted by atomic mass is 32.7. The van der Waals surface area contributed by atoms with E-state index in [-0.39, 0.29) is 0 Å². The maximum atomic E-state index is 11.0. The summed E-state index contributed by atoms with van der Waals surface area (Å²) in [5.41, 5.74) is 5.26.